The van der Waals surface area contributed by atoms with Crippen LogP contribution in [0.15, 0.2) is 60.8 Å². The number of hydrogen-bond donors (Lipinski definition) is 2. The third-order valence-electron chi connectivity index (χ3n) is 4.01. The normalized spacial score (nSPS) is 10.4. The number of amides is 2. The molecule has 3 rings (SSSR count). The molecule has 0 fully saturated rings. The Morgan fingerprint density at radius 3 is 2.31 bits per heavy atom. The highest BCUT2D eigenvalue weighted by Crippen LogP contribution is 2.19. The summed E-state index contributed by atoms with van der Waals surface area (Å²) in [4.78, 5) is 16.0. The number of hydrogen-bond acceptors (Lipinski definition) is 3. The molecular formula is C21H18F3N3O2. The molecule has 5 nitrogen and oxygen atoms in total. The van der Waals surface area contributed by atoms with E-state index in [1.54, 1.807) is 12.1 Å². The number of carbonyl (C=O) groups excluding carboxylic acids is 1. The molecule has 0 radical (unpaired) electrons. The van der Waals surface area contributed by atoms with Crippen LogP contribution in [0, 0.1) is 17.5 Å². The topological polar surface area (TPSA) is 63.2 Å². The summed E-state index contributed by atoms with van der Waals surface area (Å²) in [5, 5.41) is 5.18. The van der Waals surface area contributed by atoms with Gasteiger partial charge in [0.05, 0.1) is 0 Å². The third kappa shape index (κ3) is 5.97. The number of carbonyl (C=O) groups is 1. The third-order valence-corrected chi connectivity index (χ3v) is 4.01. The zero-order chi connectivity index (χ0) is 20.6. The van der Waals surface area contributed by atoms with Crippen molar-refractivity contribution in [1.82, 2.24) is 15.6 Å². The summed E-state index contributed by atoms with van der Waals surface area (Å²) < 4.78 is 45.4. The van der Waals surface area contributed by atoms with E-state index in [-0.39, 0.29) is 30.9 Å². The average molecular weight is 401 g/mol. The summed E-state index contributed by atoms with van der Waals surface area (Å²) in [6.07, 6.45) is 1.58. The van der Waals surface area contributed by atoms with Crippen molar-refractivity contribution in [3.8, 4) is 11.6 Å². The fourth-order valence-corrected chi connectivity index (χ4v) is 2.52. The number of pyridine rings is 1. The molecule has 2 N–H and O–H groups in total. The van der Waals surface area contributed by atoms with Gasteiger partial charge in [-0.2, -0.15) is 0 Å². The van der Waals surface area contributed by atoms with Gasteiger partial charge in [0, 0.05) is 30.9 Å². The number of halogens is 3. The van der Waals surface area contributed by atoms with Crippen LogP contribution in [0.25, 0.3) is 0 Å². The van der Waals surface area contributed by atoms with E-state index in [1.807, 2.05) is 0 Å². The monoisotopic (exact) mass is 401 g/mol. The van der Waals surface area contributed by atoms with Crippen LogP contribution in [0.5, 0.6) is 11.6 Å². The maximum Gasteiger partial charge on any atom is 0.315 e. The molecule has 0 unspecified atom stereocenters. The number of rotatable bonds is 7. The van der Waals surface area contributed by atoms with E-state index in [2.05, 4.69) is 15.6 Å². The minimum absolute atomic E-state index is 0.0445. The molecule has 1 aromatic heterocycles. The van der Waals surface area contributed by atoms with E-state index in [9.17, 15) is 18.0 Å². The quantitative estimate of drug-likeness (QED) is 0.619. The van der Waals surface area contributed by atoms with Gasteiger partial charge in [0.25, 0.3) is 0 Å². The number of urea groups is 1. The van der Waals surface area contributed by atoms with E-state index >= 15 is 0 Å². The Hall–Kier alpha value is -3.55. The fourth-order valence-electron chi connectivity index (χ4n) is 2.52. The smallest absolute Gasteiger partial charge is 0.315 e. The molecule has 8 heteroatoms. The lowest BCUT2D eigenvalue weighted by Crippen LogP contribution is -2.36. The molecule has 3 aromatic rings. The Labute approximate surface area is 165 Å². The second kappa shape index (κ2) is 9.59. The Morgan fingerprint density at radius 1 is 0.931 bits per heavy atom. The second-order valence-electron chi connectivity index (χ2n) is 6.12. The predicted molar refractivity (Wildman–Crippen MR) is 101 cm³/mol. The van der Waals surface area contributed by atoms with Gasteiger partial charge in [-0.05, 0) is 48.4 Å². The largest absolute Gasteiger partial charge is 0.439 e. The predicted octanol–water partition coefficient (Wildman–Crippen LogP) is 4.33. The molecule has 2 amide bonds. The minimum Gasteiger partial charge on any atom is -0.439 e. The summed E-state index contributed by atoms with van der Waals surface area (Å²) in [6, 6.07) is 12.1. The summed E-state index contributed by atoms with van der Waals surface area (Å²) >= 11 is 0. The summed E-state index contributed by atoms with van der Waals surface area (Å²) in [7, 11) is 0. The molecule has 0 aliphatic carbocycles. The number of benzene rings is 2. The first kappa shape index (κ1) is 20.2. The van der Waals surface area contributed by atoms with Crippen molar-refractivity contribution < 1.29 is 22.7 Å². The van der Waals surface area contributed by atoms with Crippen LogP contribution in [0.3, 0.4) is 0 Å². The van der Waals surface area contributed by atoms with Crippen LogP contribution in [0.2, 0.25) is 0 Å². The Balaban J connectivity index is 1.42. The van der Waals surface area contributed by atoms with Gasteiger partial charge in [0.1, 0.15) is 23.2 Å². The van der Waals surface area contributed by atoms with E-state index in [0.717, 1.165) is 5.56 Å². The van der Waals surface area contributed by atoms with Gasteiger partial charge in [-0.15, -0.1) is 0 Å². The number of ether oxygens (including phenoxy) is 1. The van der Waals surface area contributed by atoms with Gasteiger partial charge in [-0.25, -0.2) is 22.9 Å². The highest BCUT2D eigenvalue weighted by molar-refractivity contribution is 5.73. The Bertz CT molecular complexity index is 944. The standard InChI is InChI=1S/C21H18F3N3O2/c22-15-5-7-16(8-6-15)29-20-9-4-14(12-26-20)13-27-21(28)25-11-10-17-18(23)2-1-3-19(17)24/h1-9,12H,10-11,13H2,(H2,25,27,28). The lowest BCUT2D eigenvalue weighted by Gasteiger charge is -2.09. The zero-order valence-corrected chi connectivity index (χ0v) is 15.3. The highest BCUT2D eigenvalue weighted by Gasteiger charge is 2.09. The number of aromatic nitrogens is 1. The summed E-state index contributed by atoms with van der Waals surface area (Å²) in [5.41, 5.74) is 0.667. The van der Waals surface area contributed by atoms with Crippen molar-refractivity contribution in [3.05, 3.63) is 89.4 Å². The summed E-state index contributed by atoms with van der Waals surface area (Å²) in [5.74, 6) is -0.848. The van der Waals surface area contributed by atoms with E-state index in [4.69, 9.17) is 4.74 Å². The maximum absolute atomic E-state index is 13.5. The van der Waals surface area contributed by atoms with Crippen LogP contribution < -0.4 is 15.4 Å². The first-order valence-electron chi connectivity index (χ1n) is 8.84. The Kier molecular flexibility index (Phi) is 6.67. The van der Waals surface area contributed by atoms with Crippen molar-refractivity contribution in [2.45, 2.75) is 13.0 Å². The first-order valence-corrected chi connectivity index (χ1v) is 8.84. The van der Waals surface area contributed by atoms with Gasteiger partial charge in [0.15, 0.2) is 0 Å². The lowest BCUT2D eigenvalue weighted by atomic mass is 10.1. The molecule has 0 atom stereocenters. The molecule has 0 bridgehead atoms. The minimum atomic E-state index is -0.638. The first-order chi connectivity index (χ1) is 14.0. The number of nitrogens with one attached hydrogen (secondary N) is 2. The van der Waals surface area contributed by atoms with Crippen molar-refractivity contribution >= 4 is 6.03 Å². The average Bonchev–Trinajstić information content (AvgIpc) is 2.71. The van der Waals surface area contributed by atoms with E-state index in [0.29, 0.717) is 11.6 Å². The van der Waals surface area contributed by atoms with Crippen LogP contribution in [-0.4, -0.2) is 17.6 Å². The van der Waals surface area contributed by atoms with E-state index in [1.165, 1.54) is 48.7 Å². The van der Waals surface area contributed by atoms with Crippen LogP contribution >= 0.6 is 0 Å². The molecule has 0 aliphatic rings. The van der Waals surface area contributed by atoms with Gasteiger partial charge in [0.2, 0.25) is 5.88 Å². The maximum atomic E-state index is 13.5. The van der Waals surface area contributed by atoms with Gasteiger partial charge in [-0.3, -0.25) is 0 Å². The summed E-state index contributed by atoms with van der Waals surface area (Å²) in [6.45, 7) is 0.302. The molecule has 2 aromatic carbocycles. The molecule has 0 spiro atoms. The van der Waals surface area contributed by atoms with Gasteiger partial charge in [-0.1, -0.05) is 12.1 Å². The van der Waals surface area contributed by atoms with E-state index < -0.39 is 17.7 Å². The van der Waals surface area contributed by atoms with Crippen molar-refractivity contribution in [1.29, 1.82) is 0 Å². The van der Waals surface area contributed by atoms with Crippen LogP contribution in [-0.2, 0) is 13.0 Å². The van der Waals surface area contributed by atoms with Crippen LogP contribution in [0.1, 0.15) is 11.1 Å². The van der Waals surface area contributed by atoms with Gasteiger partial charge < -0.3 is 15.4 Å². The molecule has 0 saturated heterocycles. The molecule has 1 heterocycles. The van der Waals surface area contributed by atoms with Crippen LogP contribution in [0.4, 0.5) is 18.0 Å². The molecule has 29 heavy (non-hydrogen) atoms. The molecular weight excluding hydrogens is 383 g/mol. The Morgan fingerprint density at radius 2 is 1.66 bits per heavy atom. The van der Waals surface area contributed by atoms with Crippen molar-refractivity contribution in [2.24, 2.45) is 0 Å². The molecule has 150 valence electrons. The number of nitrogens with zero attached hydrogens (tertiary/aromatic N) is 1. The molecule has 0 saturated carbocycles. The van der Waals surface area contributed by atoms with Gasteiger partial charge >= 0.3 is 6.03 Å². The van der Waals surface area contributed by atoms with Crippen molar-refractivity contribution in [2.75, 3.05) is 6.54 Å². The lowest BCUT2D eigenvalue weighted by molar-refractivity contribution is 0.240. The fraction of sp³-hybridized carbons (Fsp3) is 0.143. The highest BCUT2D eigenvalue weighted by atomic mass is 19.1. The zero-order valence-electron chi connectivity index (χ0n) is 15.3. The second-order valence-corrected chi connectivity index (χ2v) is 6.12. The van der Waals surface area contributed by atoms with Crippen molar-refractivity contribution in [3.63, 3.8) is 0 Å². The SMILES string of the molecule is O=C(NCCc1c(F)cccc1F)NCc1ccc(Oc2ccc(F)cc2)nc1. The molecule has 0 aliphatic heterocycles.